The first-order chi connectivity index (χ1) is 11.5. The number of aromatic nitrogens is 1. The van der Waals surface area contributed by atoms with Crippen molar-refractivity contribution < 1.29 is 14.6 Å². The van der Waals surface area contributed by atoms with Crippen LogP contribution < -0.4 is 10.6 Å². The molecule has 2 atom stereocenters. The number of rotatable bonds is 8. The van der Waals surface area contributed by atoms with Crippen LogP contribution in [0.2, 0.25) is 0 Å². The minimum Gasteiger partial charge on any atom is -0.391 e. The fraction of sp³-hybridized carbons (Fsp3) is 0.412. The topological polar surface area (TPSA) is 83.5 Å². The van der Waals surface area contributed by atoms with Gasteiger partial charge in [-0.1, -0.05) is 23.8 Å². The molecule has 0 bridgehead atoms. The zero-order chi connectivity index (χ0) is 17.5. The molecule has 1 aromatic carbocycles. The number of hydrogen-bond donors (Lipinski definition) is 3. The highest BCUT2D eigenvalue weighted by molar-refractivity contribution is 7.14. The standard InChI is InChI=1S/C17H23N3O3S/c1-11-5-4-6-13(9-11)14-10-24-17(19-14)20-15(12(2)21)16(22)18-7-8-23-3/h4-6,9-10,12,15,21H,7-8H2,1-3H3,(H,18,22)(H,19,20)/t12-,15+/m1/s1. The molecule has 0 saturated heterocycles. The molecule has 2 rings (SSSR count). The number of nitrogens with one attached hydrogen (secondary N) is 2. The maximum absolute atomic E-state index is 12.2. The number of aliphatic hydroxyl groups excluding tert-OH is 1. The molecule has 3 N–H and O–H groups in total. The second-order valence-electron chi connectivity index (χ2n) is 5.55. The quantitative estimate of drug-likeness (QED) is 0.635. The summed E-state index contributed by atoms with van der Waals surface area (Å²) in [6, 6.07) is 7.30. The van der Waals surface area contributed by atoms with Crippen LogP contribution in [0.3, 0.4) is 0 Å². The molecular weight excluding hydrogens is 326 g/mol. The van der Waals surface area contributed by atoms with Crippen molar-refractivity contribution in [1.29, 1.82) is 0 Å². The second kappa shape index (κ2) is 8.77. The molecule has 1 amide bonds. The van der Waals surface area contributed by atoms with Crippen molar-refractivity contribution in [2.45, 2.75) is 26.0 Å². The highest BCUT2D eigenvalue weighted by atomic mass is 32.1. The van der Waals surface area contributed by atoms with Crippen LogP contribution in [-0.4, -0.2) is 48.4 Å². The Morgan fingerprint density at radius 1 is 1.46 bits per heavy atom. The smallest absolute Gasteiger partial charge is 0.245 e. The van der Waals surface area contributed by atoms with E-state index in [1.807, 2.05) is 30.5 Å². The van der Waals surface area contributed by atoms with Crippen LogP contribution in [0.25, 0.3) is 11.3 Å². The Kier molecular flexibility index (Phi) is 6.72. The molecule has 0 aliphatic rings. The van der Waals surface area contributed by atoms with Crippen LogP contribution >= 0.6 is 11.3 Å². The molecule has 0 fully saturated rings. The molecular formula is C17H23N3O3S. The van der Waals surface area contributed by atoms with E-state index < -0.39 is 12.1 Å². The molecule has 130 valence electrons. The lowest BCUT2D eigenvalue weighted by Crippen LogP contribution is -2.46. The Hall–Kier alpha value is -1.96. The summed E-state index contributed by atoms with van der Waals surface area (Å²) < 4.78 is 4.90. The summed E-state index contributed by atoms with van der Waals surface area (Å²) in [7, 11) is 1.57. The van der Waals surface area contributed by atoms with E-state index in [4.69, 9.17) is 4.74 Å². The number of thiazole rings is 1. The van der Waals surface area contributed by atoms with Gasteiger partial charge >= 0.3 is 0 Å². The Balaban J connectivity index is 2.06. The molecule has 0 aliphatic carbocycles. The number of amides is 1. The van der Waals surface area contributed by atoms with Crippen LogP contribution in [0.4, 0.5) is 5.13 Å². The zero-order valence-electron chi connectivity index (χ0n) is 14.1. The summed E-state index contributed by atoms with van der Waals surface area (Å²) in [5, 5.41) is 18.1. The van der Waals surface area contributed by atoms with Crippen LogP contribution in [0, 0.1) is 6.92 Å². The largest absolute Gasteiger partial charge is 0.391 e. The number of aryl methyl sites for hydroxylation is 1. The molecule has 6 nitrogen and oxygen atoms in total. The Morgan fingerprint density at radius 3 is 2.92 bits per heavy atom. The summed E-state index contributed by atoms with van der Waals surface area (Å²) in [4.78, 5) is 16.7. The zero-order valence-corrected chi connectivity index (χ0v) is 14.9. The highest BCUT2D eigenvalue weighted by Gasteiger charge is 2.24. The van der Waals surface area contributed by atoms with Crippen molar-refractivity contribution in [3.8, 4) is 11.3 Å². The summed E-state index contributed by atoms with van der Waals surface area (Å²) in [6.07, 6.45) is -0.848. The van der Waals surface area contributed by atoms with Gasteiger partial charge in [0.15, 0.2) is 5.13 Å². The monoisotopic (exact) mass is 349 g/mol. The number of aliphatic hydroxyl groups is 1. The number of nitrogens with zero attached hydrogens (tertiary/aromatic N) is 1. The number of anilines is 1. The van der Waals surface area contributed by atoms with Gasteiger partial charge in [-0.15, -0.1) is 11.3 Å². The average molecular weight is 349 g/mol. The maximum atomic E-state index is 12.2. The first-order valence-corrected chi connectivity index (χ1v) is 8.63. The minimum atomic E-state index is -0.848. The number of hydrogen-bond acceptors (Lipinski definition) is 6. The average Bonchev–Trinajstić information content (AvgIpc) is 3.01. The first-order valence-electron chi connectivity index (χ1n) is 7.75. The van der Waals surface area contributed by atoms with Gasteiger partial charge in [-0.3, -0.25) is 4.79 Å². The lowest BCUT2D eigenvalue weighted by atomic mass is 10.1. The number of ether oxygens (including phenoxy) is 1. The van der Waals surface area contributed by atoms with E-state index in [1.165, 1.54) is 11.3 Å². The van der Waals surface area contributed by atoms with Crippen molar-refractivity contribution in [2.75, 3.05) is 25.6 Å². The molecule has 0 radical (unpaired) electrons. The molecule has 1 aromatic heterocycles. The molecule has 24 heavy (non-hydrogen) atoms. The van der Waals surface area contributed by atoms with Crippen molar-refractivity contribution in [3.05, 3.63) is 35.2 Å². The molecule has 0 spiro atoms. The van der Waals surface area contributed by atoms with Crippen molar-refractivity contribution in [1.82, 2.24) is 10.3 Å². The normalized spacial score (nSPS) is 13.3. The van der Waals surface area contributed by atoms with Gasteiger partial charge in [0.25, 0.3) is 0 Å². The summed E-state index contributed by atoms with van der Waals surface area (Å²) in [6.45, 7) is 4.42. The fourth-order valence-corrected chi connectivity index (χ4v) is 2.96. The predicted octanol–water partition coefficient (Wildman–Crippen LogP) is 2.04. The molecule has 7 heteroatoms. The van der Waals surface area contributed by atoms with E-state index in [9.17, 15) is 9.90 Å². The summed E-state index contributed by atoms with van der Waals surface area (Å²) in [5.74, 6) is -0.283. The molecule has 0 aliphatic heterocycles. The second-order valence-corrected chi connectivity index (χ2v) is 6.41. The predicted molar refractivity (Wildman–Crippen MR) is 96.3 cm³/mol. The lowest BCUT2D eigenvalue weighted by Gasteiger charge is -2.20. The van der Waals surface area contributed by atoms with Crippen molar-refractivity contribution in [2.24, 2.45) is 0 Å². The molecule has 2 aromatic rings. The van der Waals surface area contributed by atoms with Gasteiger partial charge in [-0.2, -0.15) is 0 Å². The summed E-state index contributed by atoms with van der Waals surface area (Å²) >= 11 is 1.40. The SMILES string of the molecule is COCCNC(=O)[C@@H](Nc1nc(-c2cccc(C)c2)cs1)[C@@H](C)O. The highest BCUT2D eigenvalue weighted by Crippen LogP contribution is 2.26. The minimum absolute atomic E-state index is 0.283. The van der Waals surface area contributed by atoms with E-state index in [2.05, 4.69) is 21.7 Å². The van der Waals surface area contributed by atoms with Crippen LogP contribution in [0.5, 0.6) is 0 Å². The van der Waals surface area contributed by atoms with Gasteiger partial charge in [0.05, 0.1) is 18.4 Å². The van der Waals surface area contributed by atoms with E-state index >= 15 is 0 Å². The van der Waals surface area contributed by atoms with E-state index in [1.54, 1.807) is 14.0 Å². The van der Waals surface area contributed by atoms with E-state index in [0.717, 1.165) is 16.8 Å². The van der Waals surface area contributed by atoms with Crippen molar-refractivity contribution in [3.63, 3.8) is 0 Å². The number of benzene rings is 1. The lowest BCUT2D eigenvalue weighted by molar-refractivity contribution is -0.123. The van der Waals surface area contributed by atoms with Gasteiger partial charge < -0.3 is 20.5 Å². The van der Waals surface area contributed by atoms with Crippen LogP contribution in [0.1, 0.15) is 12.5 Å². The van der Waals surface area contributed by atoms with Gasteiger partial charge in [0, 0.05) is 24.6 Å². The molecule has 1 heterocycles. The number of carbonyl (C=O) groups is 1. The van der Waals surface area contributed by atoms with E-state index in [-0.39, 0.29) is 5.91 Å². The molecule has 0 unspecified atom stereocenters. The Bertz CT molecular complexity index is 673. The maximum Gasteiger partial charge on any atom is 0.245 e. The van der Waals surface area contributed by atoms with E-state index in [0.29, 0.717) is 18.3 Å². The molecule has 0 saturated carbocycles. The third-order valence-electron chi connectivity index (χ3n) is 3.47. The fourth-order valence-electron chi connectivity index (χ4n) is 2.20. The summed E-state index contributed by atoms with van der Waals surface area (Å²) in [5.41, 5.74) is 3.03. The Morgan fingerprint density at radius 2 is 2.25 bits per heavy atom. The van der Waals surface area contributed by atoms with Gasteiger partial charge in [0.1, 0.15) is 6.04 Å². The van der Waals surface area contributed by atoms with Crippen LogP contribution in [-0.2, 0) is 9.53 Å². The third kappa shape index (κ3) is 5.02. The number of carbonyl (C=O) groups excluding carboxylic acids is 1. The first kappa shape index (κ1) is 18.4. The van der Waals surface area contributed by atoms with Gasteiger partial charge in [0.2, 0.25) is 5.91 Å². The van der Waals surface area contributed by atoms with Crippen LogP contribution in [0.15, 0.2) is 29.6 Å². The van der Waals surface area contributed by atoms with Crippen molar-refractivity contribution >= 4 is 22.4 Å². The van der Waals surface area contributed by atoms with Gasteiger partial charge in [-0.05, 0) is 19.9 Å². The number of methoxy groups -OCH3 is 1. The Labute approximate surface area is 145 Å². The third-order valence-corrected chi connectivity index (χ3v) is 4.24. The van der Waals surface area contributed by atoms with Gasteiger partial charge in [-0.25, -0.2) is 4.98 Å².